The van der Waals surface area contributed by atoms with Crippen molar-refractivity contribution < 1.29 is 18.0 Å². The van der Waals surface area contributed by atoms with Crippen LogP contribution in [0.4, 0.5) is 13.2 Å². The Kier molecular flexibility index (Phi) is 2.19. The van der Waals surface area contributed by atoms with Crippen molar-refractivity contribution in [3.63, 3.8) is 0 Å². The summed E-state index contributed by atoms with van der Waals surface area (Å²) in [6.45, 7) is -0.207. The van der Waals surface area contributed by atoms with E-state index in [4.69, 9.17) is 11.1 Å². The molecule has 4 nitrogen and oxygen atoms in total. The first-order valence-corrected chi connectivity index (χ1v) is 3.52. The molecular weight excluding hydrogens is 187 g/mol. The molecule has 1 rings (SSSR count). The number of hydrogen-bond acceptors (Lipinski definition) is 2. The summed E-state index contributed by atoms with van der Waals surface area (Å²) < 4.78 is 35.3. The van der Waals surface area contributed by atoms with Crippen molar-refractivity contribution in [2.75, 3.05) is 13.1 Å². The van der Waals surface area contributed by atoms with Crippen LogP contribution in [0, 0.1) is 11.3 Å². The molecule has 13 heavy (non-hydrogen) atoms. The van der Waals surface area contributed by atoms with Gasteiger partial charge in [0.2, 0.25) is 0 Å². The van der Waals surface area contributed by atoms with Gasteiger partial charge in [0.15, 0.2) is 0 Å². The SMILES string of the molecule is N=C(N)C1CN(C(=O)C(F)(F)F)C1. The van der Waals surface area contributed by atoms with Gasteiger partial charge in [-0.3, -0.25) is 10.2 Å². The predicted octanol–water partition coefficient (Wildman–Crippen LogP) is -0.0569. The van der Waals surface area contributed by atoms with Crippen molar-refractivity contribution >= 4 is 11.7 Å². The van der Waals surface area contributed by atoms with Gasteiger partial charge in [-0.1, -0.05) is 0 Å². The molecule has 1 amide bonds. The molecule has 0 aromatic heterocycles. The summed E-state index contributed by atoms with van der Waals surface area (Å²) in [6, 6.07) is 0. The third-order valence-corrected chi connectivity index (χ3v) is 1.85. The van der Waals surface area contributed by atoms with Crippen molar-refractivity contribution in [1.82, 2.24) is 4.90 Å². The number of halogens is 3. The standard InChI is InChI=1S/C6H8F3N3O/c7-6(8,9)5(13)12-1-3(2-12)4(10)11/h3H,1-2H2,(H3,10,11). The highest BCUT2D eigenvalue weighted by molar-refractivity contribution is 5.87. The Morgan fingerprint density at radius 1 is 1.46 bits per heavy atom. The number of nitrogens with one attached hydrogen (secondary N) is 1. The summed E-state index contributed by atoms with van der Waals surface area (Å²) in [5, 5.41) is 6.90. The molecule has 0 aromatic carbocycles. The summed E-state index contributed by atoms with van der Waals surface area (Å²) in [6.07, 6.45) is -4.82. The van der Waals surface area contributed by atoms with Gasteiger partial charge in [-0.05, 0) is 0 Å². The van der Waals surface area contributed by atoms with E-state index in [9.17, 15) is 18.0 Å². The molecule has 0 spiro atoms. The lowest BCUT2D eigenvalue weighted by atomic mass is 9.99. The van der Waals surface area contributed by atoms with Gasteiger partial charge in [0.05, 0.1) is 11.8 Å². The number of amides is 1. The average molecular weight is 195 g/mol. The summed E-state index contributed by atoms with van der Waals surface area (Å²) in [5.74, 6) is -2.44. The fraction of sp³-hybridized carbons (Fsp3) is 0.667. The largest absolute Gasteiger partial charge is 0.471 e. The van der Waals surface area contributed by atoms with Crippen LogP contribution in [0.25, 0.3) is 0 Å². The van der Waals surface area contributed by atoms with Crippen LogP contribution in [-0.2, 0) is 4.79 Å². The van der Waals surface area contributed by atoms with E-state index in [0.717, 1.165) is 0 Å². The van der Waals surface area contributed by atoms with Crippen LogP contribution < -0.4 is 5.73 Å². The van der Waals surface area contributed by atoms with E-state index in [2.05, 4.69) is 0 Å². The van der Waals surface area contributed by atoms with Gasteiger partial charge >= 0.3 is 12.1 Å². The van der Waals surface area contributed by atoms with E-state index in [-0.39, 0.29) is 18.9 Å². The minimum Gasteiger partial charge on any atom is -0.387 e. The zero-order valence-electron chi connectivity index (χ0n) is 6.56. The lowest BCUT2D eigenvalue weighted by Gasteiger charge is -2.38. The second kappa shape index (κ2) is 2.90. The molecule has 0 atom stereocenters. The van der Waals surface area contributed by atoms with Crippen LogP contribution >= 0.6 is 0 Å². The Balaban J connectivity index is 2.44. The van der Waals surface area contributed by atoms with E-state index in [0.29, 0.717) is 4.90 Å². The third-order valence-electron chi connectivity index (χ3n) is 1.85. The molecular formula is C6H8F3N3O. The maximum Gasteiger partial charge on any atom is 0.471 e. The maximum absolute atomic E-state index is 11.8. The molecule has 3 N–H and O–H groups in total. The number of hydrogen-bond donors (Lipinski definition) is 2. The van der Waals surface area contributed by atoms with E-state index in [1.807, 2.05) is 0 Å². The Morgan fingerprint density at radius 3 is 2.23 bits per heavy atom. The topological polar surface area (TPSA) is 70.2 Å². The molecule has 0 bridgehead atoms. The number of nitrogens with zero attached hydrogens (tertiary/aromatic N) is 1. The normalized spacial score (nSPS) is 18.2. The number of carbonyl (C=O) groups is 1. The molecule has 74 valence electrons. The second-order valence-corrected chi connectivity index (χ2v) is 2.86. The van der Waals surface area contributed by atoms with Crippen LogP contribution in [-0.4, -0.2) is 35.9 Å². The molecule has 1 heterocycles. The first-order chi connectivity index (χ1) is 5.82. The summed E-state index contributed by atoms with van der Waals surface area (Å²) in [7, 11) is 0. The molecule has 1 aliphatic heterocycles. The summed E-state index contributed by atoms with van der Waals surface area (Å²) >= 11 is 0. The van der Waals surface area contributed by atoms with E-state index < -0.39 is 18.0 Å². The predicted molar refractivity (Wildman–Crippen MR) is 38.0 cm³/mol. The van der Waals surface area contributed by atoms with Gasteiger partial charge < -0.3 is 10.6 Å². The number of likely N-dealkylation sites (tertiary alicyclic amines) is 1. The number of alkyl halides is 3. The first-order valence-electron chi connectivity index (χ1n) is 3.52. The highest BCUT2D eigenvalue weighted by Crippen LogP contribution is 2.24. The van der Waals surface area contributed by atoms with Crippen LogP contribution in [0.3, 0.4) is 0 Å². The summed E-state index contributed by atoms with van der Waals surface area (Å²) in [4.78, 5) is 11.1. The van der Waals surface area contributed by atoms with E-state index >= 15 is 0 Å². The third kappa shape index (κ3) is 1.90. The molecule has 0 saturated carbocycles. The first kappa shape index (κ1) is 9.82. The molecule has 1 fully saturated rings. The fourth-order valence-electron chi connectivity index (χ4n) is 1.02. The number of carbonyl (C=O) groups excluding carboxylic acids is 1. The number of rotatable bonds is 1. The van der Waals surface area contributed by atoms with Crippen LogP contribution in [0.1, 0.15) is 0 Å². The number of nitrogens with two attached hydrogens (primary N) is 1. The van der Waals surface area contributed by atoms with Gasteiger partial charge in [0.1, 0.15) is 0 Å². The number of amidine groups is 1. The fourth-order valence-corrected chi connectivity index (χ4v) is 1.02. The van der Waals surface area contributed by atoms with Crippen LogP contribution in [0.2, 0.25) is 0 Å². The van der Waals surface area contributed by atoms with Crippen molar-refractivity contribution in [2.24, 2.45) is 11.7 Å². The Hall–Kier alpha value is -1.27. The van der Waals surface area contributed by atoms with Crippen LogP contribution in [0.5, 0.6) is 0 Å². The maximum atomic E-state index is 11.8. The lowest BCUT2D eigenvalue weighted by Crippen LogP contribution is -2.57. The van der Waals surface area contributed by atoms with Gasteiger partial charge in [0.25, 0.3) is 0 Å². The van der Waals surface area contributed by atoms with Gasteiger partial charge in [-0.2, -0.15) is 13.2 Å². The zero-order chi connectivity index (χ0) is 10.2. The summed E-state index contributed by atoms with van der Waals surface area (Å²) in [5.41, 5.74) is 5.03. The molecule has 0 aromatic rings. The highest BCUT2D eigenvalue weighted by Gasteiger charge is 2.47. The molecule has 1 saturated heterocycles. The minimum atomic E-state index is -4.82. The van der Waals surface area contributed by atoms with Crippen molar-refractivity contribution in [1.29, 1.82) is 5.41 Å². The molecule has 0 aliphatic carbocycles. The van der Waals surface area contributed by atoms with Crippen molar-refractivity contribution in [3.05, 3.63) is 0 Å². The van der Waals surface area contributed by atoms with Gasteiger partial charge in [-0.25, -0.2) is 0 Å². The quantitative estimate of drug-likeness (QED) is 0.454. The molecule has 0 unspecified atom stereocenters. The minimum absolute atomic E-state index is 0.103. The van der Waals surface area contributed by atoms with Crippen molar-refractivity contribution in [2.45, 2.75) is 6.18 Å². The molecule has 0 radical (unpaired) electrons. The lowest BCUT2D eigenvalue weighted by molar-refractivity contribution is -0.190. The molecule has 1 aliphatic rings. The smallest absolute Gasteiger partial charge is 0.387 e. The highest BCUT2D eigenvalue weighted by atomic mass is 19.4. The zero-order valence-corrected chi connectivity index (χ0v) is 6.56. The van der Waals surface area contributed by atoms with E-state index in [1.165, 1.54) is 0 Å². The Morgan fingerprint density at radius 2 is 1.92 bits per heavy atom. The van der Waals surface area contributed by atoms with Gasteiger partial charge in [-0.15, -0.1) is 0 Å². The monoisotopic (exact) mass is 195 g/mol. The second-order valence-electron chi connectivity index (χ2n) is 2.86. The Bertz CT molecular complexity index is 244. The van der Waals surface area contributed by atoms with E-state index in [1.54, 1.807) is 0 Å². The Labute approximate surface area is 72.0 Å². The average Bonchev–Trinajstić information content (AvgIpc) is 1.80. The van der Waals surface area contributed by atoms with Gasteiger partial charge in [0, 0.05) is 13.1 Å². The van der Waals surface area contributed by atoms with Crippen LogP contribution in [0.15, 0.2) is 0 Å². The van der Waals surface area contributed by atoms with Crippen molar-refractivity contribution in [3.8, 4) is 0 Å². The molecule has 7 heteroatoms.